The molecule has 1 saturated carbocycles. The lowest BCUT2D eigenvalue weighted by molar-refractivity contribution is 0.293. The zero-order valence-electron chi connectivity index (χ0n) is 14.3. The molecule has 2 heteroatoms. The molecule has 0 aromatic heterocycles. The van der Waals surface area contributed by atoms with Crippen LogP contribution in [-0.4, -0.2) is 12.1 Å². The Balaban J connectivity index is 1.94. The topological polar surface area (TPSA) is 38.0 Å². The minimum atomic E-state index is 0.120. The summed E-state index contributed by atoms with van der Waals surface area (Å²) in [6.07, 6.45) is 8.06. The maximum atomic E-state index is 5.83. The fourth-order valence-corrected chi connectivity index (χ4v) is 3.44. The number of hydrogen-bond donors (Lipinski definition) is 2. The number of nitrogens with two attached hydrogens (primary N) is 1. The smallest absolute Gasteiger partial charge is 0.0380 e. The normalized spacial score (nSPS) is 17.0. The Hall–Kier alpha value is -1.28. The molecule has 1 atom stereocenters. The first kappa shape index (κ1) is 17.1. The minimum Gasteiger partial charge on any atom is -0.383 e. The van der Waals surface area contributed by atoms with Gasteiger partial charge in [-0.1, -0.05) is 51.1 Å². The van der Waals surface area contributed by atoms with E-state index in [0.717, 1.165) is 43.8 Å². The minimum absolute atomic E-state index is 0.120. The second-order valence-electron chi connectivity index (χ2n) is 6.84. The average molecular weight is 300 g/mol. The van der Waals surface area contributed by atoms with E-state index in [0.29, 0.717) is 0 Å². The number of nitrogens with one attached hydrogen (secondary N) is 1. The Morgan fingerprint density at radius 2 is 1.91 bits per heavy atom. The van der Waals surface area contributed by atoms with E-state index in [4.69, 9.17) is 5.73 Å². The fraction of sp³-hybridized carbons (Fsp3) is 0.600. The van der Waals surface area contributed by atoms with Crippen LogP contribution in [0.4, 0.5) is 0 Å². The Kier molecular flexibility index (Phi) is 6.07. The lowest BCUT2D eigenvalue weighted by atomic mass is 9.86. The Morgan fingerprint density at radius 1 is 1.23 bits per heavy atom. The molecule has 1 aromatic carbocycles. The summed E-state index contributed by atoms with van der Waals surface area (Å²) in [6, 6.07) is 9.10. The van der Waals surface area contributed by atoms with Crippen molar-refractivity contribution in [3.05, 3.63) is 47.7 Å². The van der Waals surface area contributed by atoms with Gasteiger partial charge in [0.15, 0.2) is 0 Å². The highest BCUT2D eigenvalue weighted by atomic mass is 15.0. The van der Waals surface area contributed by atoms with Gasteiger partial charge in [-0.2, -0.15) is 0 Å². The summed E-state index contributed by atoms with van der Waals surface area (Å²) in [5.74, 6) is 0.831. The van der Waals surface area contributed by atoms with Gasteiger partial charge in [0.25, 0.3) is 0 Å². The van der Waals surface area contributed by atoms with Crippen molar-refractivity contribution in [1.29, 1.82) is 0 Å². The van der Waals surface area contributed by atoms with Crippen molar-refractivity contribution in [1.82, 2.24) is 5.32 Å². The van der Waals surface area contributed by atoms with Crippen LogP contribution in [0, 0.1) is 0 Å². The van der Waals surface area contributed by atoms with E-state index in [-0.39, 0.29) is 5.54 Å². The maximum Gasteiger partial charge on any atom is 0.0380 e. The van der Waals surface area contributed by atoms with Crippen molar-refractivity contribution >= 4 is 0 Å². The number of rotatable bonds is 10. The van der Waals surface area contributed by atoms with Gasteiger partial charge in [0, 0.05) is 17.7 Å². The van der Waals surface area contributed by atoms with Crippen LogP contribution < -0.4 is 11.1 Å². The highest BCUT2D eigenvalue weighted by Gasteiger charge is 2.26. The third-order valence-corrected chi connectivity index (χ3v) is 4.92. The van der Waals surface area contributed by atoms with Crippen molar-refractivity contribution < 1.29 is 0 Å². The van der Waals surface area contributed by atoms with Crippen molar-refractivity contribution in [2.45, 2.75) is 70.3 Å². The third-order valence-electron chi connectivity index (χ3n) is 4.92. The standard InChI is InChI=1S/C20H32N2/c1-4-12-20(5-2,13-14-21)22-16(3)15-17-6-8-18(9-7-17)19-10-11-19/h6-9,19,22H,3-5,10-15,21H2,1-2H3. The first-order chi connectivity index (χ1) is 10.6. The van der Waals surface area contributed by atoms with E-state index in [9.17, 15) is 0 Å². The molecule has 1 aliphatic rings. The molecule has 0 spiro atoms. The Bertz CT molecular complexity index is 465. The zero-order chi connectivity index (χ0) is 16.0. The van der Waals surface area contributed by atoms with Crippen molar-refractivity contribution in [2.75, 3.05) is 6.54 Å². The molecule has 1 aliphatic carbocycles. The molecule has 2 rings (SSSR count). The van der Waals surface area contributed by atoms with Crippen LogP contribution in [0.1, 0.15) is 69.4 Å². The molecular weight excluding hydrogens is 268 g/mol. The van der Waals surface area contributed by atoms with E-state index < -0.39 is 0 Å². The summed E-state index contributed by atoms with van der Waals surface area (Å²) in [7, 11) is 0. The van der Waals surface area contributed by atoms with Gasteiger partial charge < -0.3 is 11.1 Å². The van der Waals surface area contributed by atoms with Crippen LogP contribution in [-0.2, 0) is 6.42 Å². The fourth-order valence-electron chi connectivity index (χ4n) is 3.44. The number of benzene rings is 1. The molecule has 22 heavy (non-hydrogen) atoms. The summed E-state index contributed by atoms with van der Waals surface area (Å²) in [5.41, 5.74) is 9.91. The quantitative estimate of drug-likeness (QED) is 0.667. The van der Waals surface area contributed by atoms with E-state index in [2.05, 4.69) is 50.0 Å². The zero-order valence-corrected chi connectivity index (χ0v) is 14.3. The van der Waals surface area contributed by atoms with Gasteiger partial charge >= 0.3 is 0 Å². The first-order valence-corrected chi connectivity index (χ1v) is 8.87. The summed E-state index contributed by atoms with van der Waals surface area (Å²) in [4.78, 5) is 0. The molecule has 0 aliphatic heterocycles. The maximum absolute atomic E-state index is 5.83. The van der Waals surface area contributed by atoms with Gasteiger partial charge in [0.05, 0.1) is 0 Å². The van der Waals surface area contributed by atoms with Gasteiger partial charge in [0.1, 0.15) is 0 Å². The number of hydrogen-bond acceptors (Lipinski definition) is 2. The lowest BCUT2D eigenvalue weighted by Crippen LogP contribution is -2.45. The second kappa shape index (κ2) is 7.82. The molecule has 2 nitrogen and oxygen atoms in total. The Labute approximate surface area is 136 Å². The summed E-state index contributed by atoms with van der Waals surface area (Å²) in [6.45, 7) is 9.48. The van der Waals surface area contributed by atoms with Crippen molar-refractivity contribution in [2.24, 2.45) is 5.73 Å². The largest absolute Gasteiger partial charge is 0.383 e. The summed E-state index contributed by atoms with van der Waals surface area (Å²) >= 11 is 0. The second-order valence-corrected chi connectivity index (χ2v) is 6.84. The van der Waals surface area contributed by atoms with Gasteiger partial charge in [-0.25, -0.2) is 0 Å². The van der Waals surface area contributed by atoms with Crippen LogP contribution in [0.3, 0.4) is 0 Å². The van der Waals surface area contributed by atoms with Gasteiger partial charge in [0.2, 0.25) is 0 Å². The predicted octanol–water partition coefficient (Wildman–Crippen LogP) is 4.51. The molecule has 1 unspecified atom stereocenters. The van der Waals surface area contributed by atoms with Gasteiger partial charge in [-0.3, -0.25) is 0 Å². The van der Waals surface area contributed by atoms with Crippen LogP contribution >= 0.6 is 0 Å². The predicted molar refractivity (Wildman–Crippen MR) is 96.0 cm³/mol. The Morgan fingerprint density at radius 3 is 2.41 bits per heavy atom. The molecule has 0 bridgehead atoms. The first-order valence-electron chi connectivity index (χ1n) is 8.87. The molecule has 3 N–H and O–H groups in total. The lowest BCUT2D eigenvalue weighted by Gasteiger charge is -2.35. The van der Waals surface area contributed by atoms with Crippen molar-refractivity contribution in [3.63, 3.8) is 0 Å². The van der Waals surface area contributed by atoms with Crippen LogP contribution in [0.15, 0.2) is 36.5 Å². The molecule has 0 amide bonds. The monoisotopic (exact) mass is 300 g/mol. The molecule has 0 radical (unpaired) electrons. The van der Waals surface area contributed by atoms with E-state index in [1.165, 1.54) is 30.4 Å². The average Bonchev–Trinajstić information content (AvgIpc) is 3.33. The van der Waals surface area contributed by atoms with Crippen LogP contribution in [0.2, 0.25) is 0 Å². The molecule has 1 aromatic rings. The molecule has 0 heterocycles. The van der Waals surface area contributed by atoms with E-state index >= 15 is 0 Å². The van der Waals surface area contributed by atoms with Crippen LogP contribution in [0.25, 0.3) is 0 Å². The summed E-state index contributed by atoms with van der Waals surface area (Å²) < 4.78 is 0. The van der Waals surface area contributed by atoms with Gasteiger partial charge in [-0.15, -0.1) is 0 Å². The molecule has 122 valence electrons. The third kappa shape index (κ3) is 4.61. The van der Waals surface area contributed by atoms with E-state index in [1.807, 2.05) is 0 Å². The highest BCUT2D eigenvalue weighted by molar-refractivity contribution is 5.30. The highest BCUT2D eigenvalue weighted by Crippen LogP contribution is 2.39. The van der Waals surface area contributed by atoms with Crippen molar-refractivity contribution in [3.8, 4) is 0 Å². The SMILES string of the molecule is C=C(Cc1ccc(C2CC2)cc1)NC(CC)(CCC)CCN. The van der Waals surface area contributed by atoms with E-state index in [1.54, 1.807) is 0 Å². The van der Waals surface area contributed by atoms with Gasteiger partial charge in [-0.05, 0) is 55.7 Å². The number of allylic oxidation sites excluding steroid dienone is 1. The molecule has 1 fully saturated rings. The van der Waals surface area contributed by atoms with Crippen LogP contribution in [0.5, 0.6) is 0 Å². The molecular formula is C20H32N2. The summed E-state index contributed by atoms with van der Waals surface area (Å²) in [5, 5.41) is 3.71. The molecule has 0 saturated heterocycles.